The van der Waals surface area contributed by atoms with Crippen LogP contribution >= 0.6 is 0 Å². The predicted octanol–water partition coefficient (Wildman–Crippen LogP) is -0.417. The van der Waals surface area contributed by atoms with Crippen molar-refractivity contribution in [1.29, 1.82) is 0 Å². The standard InChI is InChI=1S/C15H23N5O4/c1-3-24-10(21)9-20-11-12(18(2)15(23)17-13(11)22)16-14(20)19-7-5-4-6-8-19/h11-12H,3-9H2,1-2H3,(H,17,22,23). The molecule has 9 nitrogen and oxygen atoms in total. The fourth-order valence-corrected chi connectivity index (χ4v) is 3.38. The second-order valence-electron chi connectivity index (χ2n) is 6.17. The van der Waals surface area contributed by atoms with Gasteiger partial charge in [-0.1, -0.05) is 0 Å². The van der Waals surface area contributed by atoms with Gasteiger partial charge in [-0.2, -0.15) is 0 Å². The number of rotatable bonds is 3. The Morgan fingerprint density at radius 3 is 2.67 bits per heavy atom. The van der Waals surface area contributed by atoms with Gasteiger partial charge in [-0.25, -0.2) is 9.79 Å². The molecule has 0 radical (unpaired) electrons. The Morgan fingerprint density at radius 2 is 2.00 bits per heavy atom. The van der Waals surface area contributed by atoms with E-state index in [0.717, 1.165) is 32.4 Å². The topological polar surface area (TPSA) is 94.5 Å². The number of carbonyl (C=O) groups excluding carboxylic acids is 3. The Bertz CT molecular complexity index is 572. The molecule has 0 aromatic carbocycles. The molecule has 0 aromatic rings. The minimum Gasteiger partial charge on any atom is -0.465 e. The number of aliphatic imine (C=N–C) groups is 1. The summed E-state index contributed by atoms with van der Waals surface area (Å²) in [5, 5.41) is 2.32. The monoisotopic (exact) mass is 337 g/mol. The van der Waals surface area contributed by atoms with Gasteiger partial charge in [0.25, 0.3) is 5.91 Å². The Kier molecular flexibility index (Phi) is 4.59. The first-order chi connectivity index (χ1) is 11.5. The van der Waals surface area contributed by atoms with E-state index in [4.69, 9.17) is 4.74 Å². The van der Waals surface area contributed by atoms with E-state index in [-0.39, 0.29) is 13.2 Å². The molecule has 3 amide bonds. The van der Waals surface area contributed by atoms with Crippen molar-refractivity contribution in [2.24, 2.45) is 4.99 Å². The van der Waals surface area contributed by atoms with Crippen LogP contribution in [0.5, 0.6) is 0 Å². The molecular weight excluding hydrogens is 314 g/mol. The molecule has 24 heavy (non-hydrogen) atoms. The highest BCUT2D eigenvalue weighted by atomic mass is 16.5. The molecule has 0 spiro atoms. The zero-order valence-corrected chi connectivity index (χ0v) is 14.0. The summed E-state index contributed by atoms with van der Waals surface area (Å²) >= 11 is 0. The molecule has 0 aromatic heterocycles. The molecule has 3 aliphatic heterocycles. The summed E-state index contributed by atoms with van der Waals surface area (Å²) in [6.45, 7) is 3.62. The lowest BCUT2D eigenvalue weighted by molar-refractivity contribution is -0.144. The first-order valence-electron chi connectivity index (χ1n) is 8.35. The fourth-order valence-electron chi connectivity index (χ4n) is 3.38. The van der Waals surface area contributed by atoms with Crippen LogP contribution in [0.25, 0.3) is 0 Å². The normalized spacial score (nSPS) is 26.9. The average molecular weight is 337 g/mol. The number of esters is 1. The largest absolute Gasteiger partial charge is 0.465 e. The molecule has 3 rings (SSSR count). The van der Waals surface area contributed by atoms with Crippen molar-refractivity contribution in [2.75, 3.05) is 33.3 Å². The molecule has 0 bridgehead atoms. The predicted molar refractivity (Wildman–Crippen MR) is 85.1 cm³/mol. The van der Waals surface area contributed by atoms with E-state index in [1.54, 1.807) is 18.9 Å². The van der Waals surface area contributed by atoms with E-state index in [2.05, 4.69) is 15.2 Å². The zero-order valence-electron chi connectivity index (χ0n) is 14.0. The lowest BCUT2D eigenvalue weighted by Crippen LogP contribution is -2.64. The third-order valence-electron chi connectivity index (χ3n) is 4.58. The van der Waals surface area contributed by atoms with E-state index in [9.17, 15) is 14.4 Å². The lowest BCUT2D eigenvalue weighted by atomic mass is 10.1. The Labute approximate surface area is 140 Å². The number of likely N-dealkylation sites (tertiary alicyclic amines) is 1. The molecule has 2 fully saturated rings. The molecule has 2 atom stereocenters. The first kappa shape index (κ1) is 16.5. The minimum atomic E-state index is -0.700. The van der Waals surface area contributed by atoms with Crippen molar-refractivity contribution >= 4 is 23.9 Å². The maximum atomic E-state index is 12.4. The van der Waals surface area contributed by atoms with Crippen molar-refractivity contribution in [2.45, 2.75) is 38.4 Å². The summed E-state index contributed by atoms with van der Waals surface area (Å²) in [4.78, 5) is 46.0. The Hall–Kier alpha value is -2.32. The van der Waals surface area contributed by atoms with Crippen molar-refractivity contribution in [3.63, 3.8) is 0 Å². The lowest BCUT2D eigenvalue weighted by Gasteiger charge is -2.37. The number of urea groups is 1. The summed E-state index contributed by atoms with van der Waals surface area (Å²) in [7, 11) is 1.60. The van der Waals surface area contributed by atoms with Crippen LogP contribution in [-0.4, -0.2) is 84.1 Å². The highest BCUT2D eigenvalue weighted by Crippen LogP contribution is 2.26. The van der Waals surface area contributed by atoms with Crippen LogP contribution < -0.4 is 5.32 Å². The van der Waals surface area contributed by atoms with Crippen molar-refractivity contribution in [3.8, 4) is 0 Å². The van der Waals surface area contributed by atoms with E-state index in [0.29, 0.717) is 5.96 Å². The highest BCUT2D eigenvalue weighted by Gasteiger charge is 2.50. The molecule has 3 heterocycles. The number of nitrogens with one attached hydrogen (secondary N) is 1. The number of likely N-dealkylation sites (N-methyl/N-ethyl adjacent to an activating group) is 1. The molecule has 1 N–H and O–H groups in total. The van der Waals surface area contributed by atoms with Gasteiger partial charge in [-0.3, -0.25) is 14.9 Å². The molecule has 3 aliphatic rings. The quantitative estimate of drug-likeness (QED) is 0.703. The maximum absolute atomic E-state index is 12.4. The highest BCUT2D eigenvalue weighted by molar-refractivity contribution is 6.04. The molecule has 0 aliphatic carbocycles. The van der Waals surface area contributed by atoms with E-state index < -0.39 is 30.1 Å². The van der Waals surface area contributed by atoms with Crippen molar-refractivity contribution in [1.82, 2.24) is 20.0 Å². The molecule has 9 heteroatoms. The van der Waals surface area contributed by atoms with Crippen molar-refractivity contribution in [3.05, 3.63) is 0 Å². The SMILES string of the molecule is CCOC(=O)CN1C(N2CCCCC2)=NC2C1C(=O)NC(=O)N2C. The second-order valence-corrected chi connectivity index (χ2v) is 6.17. The summed E-state index contributed by atoms with van der Waals surface area (Å²) in [6.07, 6.45) is 2.64. The second kappa shape index (κ2) is 6.66. The van der Waals surface area contributed by atoms with Gasteiger partial charge in [0.1, 0.15) is 6.54 Å². The fraction of sp³-hybridized carbons (Fsp3) is 0.733. The van der Waals surface area contributed by atoms with Gasteiger partial charge in [0.05, 0.1) is 6.61 Å². The molecular formula is C15H23N5O4. The molecule has 132 valence electrons. The number of piperidine rings is 1. The first-order valence-corrected chi connectivity index (χ1v) is 8.35. The number of fused-ring (bicyclic) bond motifs is 1. The summed E-state index contributed by atoms with van der Waals surface area (Å²) in [5.41, 5.74) is 0. The van der Waals surface area contributed by atoms with Gasteiger partial charge in [0.15, 0.2) is 18.2 Å². The van der Waals surface area contributed by atoms with Gasteiger partial charge in [0.2, 0.25) is 0 Å². The number of hydrogen-bond donors (Lipinski definition) is 1. The van der Waals surface area contributed by atoms with E-state index in [1.165, 1.54) is 4.90 Å². The van der Waals surface area contributed by atoms with E-state index >= 15 is 0 Å². The summed E-state index contributed by atoms with van der Waals surface area (Å²) in [5.74, 6) is -0.229. The van der Waals surface area contributed by atoms with Gasteiger partial charge >= 0.3 is 12.0 Å². The number of hydrogen-bond acceptors (Lipinski definition) is 7. The summed E-state index contributed by atoms with van der Waals surface area (Å²) < 4.78 is 5.04. The number of amides is 3. The third kappa shape index (κ3) is 2.90. The molecule has 0 saturated carbocycles. The number of imide groups is 1. The summed E-state index contributed by atoms with van der Waals surface area (Å²) in [6, 6.07) is -1.17. The maximum Gasteiger partial charge on any atom is 0.325 e. The van der Waals surface area contributed by atoms with Crippen LogP contribution in [0.1, 0.15) is 26.2 Å². The smallest absolute Gasteiger partial charge is 0.325 e. The van der Waals surface area contributed by atoms with Gasteiger partial charge < -0.3 is 19.4 Å². The molecule has 2 unspecified atom stereocenters. The number of carbonyl (C=O) groups is 3. The van der Waals surface area contributed by atoms with Gasteiger partial charge in [-0.15, -0.1) is 0 Å². The van der Waals surface area contributed by atoms with Crippen molar-refractivity contribution < 1.29 is 19.1 Å². The minimum absolute atomic E-state index is 0.0558. The molecule has 2 saturated heterocycles. The van der Waals surface area contributed by atoms with Crippen LogP contribution in [0.4, 0.5) is 4.79 Å². The van der Waals surface area contributed by atoms with Crippen LogP contribution in [0.3, 0.4) is 0 Å². The van der Waals surface area contributed by atoms with Crippen LogP contribution in [0.15, 0.2) is 4.99 Å². The Balaban J connectivity index is 1.88. The van der Waals surface area contributed by atoms with Gasteiger partial charge in [-0.05, 0) is 26.2 Å². The number of ether oxygens (including phenoxy) is 1. The average Bonchev–Trinajstić information content (AvgIpc) is 2.93. The van der Waals surface area contributed by atoms with Crippen LogP contribution in [0, 0.1) is 0 Å². The van der Waals surface area contributed by atoms with Gasteiger partial charge in [0, 0.05) is 20.1 Å². The Morgan fingerprint density at radius 1 is 1.29 bits per heavy atom. The van der Waals surface area contributed by atoms with E-state index in [1.807, 2.05) is 0 Å². The zero-order chi connectivity index (χ0) is 17.3. The van der Waals surface area contributed by atoms with Crippen LogP contribution in [-0.2, 0) is 14.3 Å². The third-order valence-corrected chi connectivity index (χ3v) is 4.58. The number of guanidine groups is 1. The van der Waals surface area contributed by atoms with Crippen LogP contribution in [0.2, 0.25) is 0 Å². The number of nitrogens with zero attached hydrogens (tertiary/aromatic N) is 4.